The summed E-state index contributed by atoms with van der Waals surface area (Å²) in [5, 5.41) is 21.4. The molecule has 4 nitrogen and oxygen atoms in total. The molecule has 1 aromatic carbocycles. The lowest BCUT2D eigenvalue weighted by atomic mass is 9.43. The zero-order chi connectivity index (χ0) is 17.4. The van der Waals surface area contributed by atoms with Crippen LogP contribution in [-0.4, -0.2) is 60.5 Å². The van der Waals surface area contributed by atoms with Crippen molar-refractivity contribution < 1.29 is 10.2 Å². The van der Waals surface area contributed by atoms with Crippen LogP contribution in [0.25, 0.3) is 0 Å². The summed E-state index contributed by atoms with van der Waals surface area (Å²) < 4.78 is 0. The zero-order valence-electron chi connectivity index (χ0n) is 15.2. The first-order chi connectivity index (χ1) is 12.1. The highest BCUT2D eigenvalue weighted by Gasteiger charge is 2.72. The number of aliphatic hydroxyl groups excluding tert-OH is 2. The fourth-order valence-electron chi connectivity index (χ4n) is 7.11. The molecule has 5 rings (SSSR count). The number of likely N-dealkylation sites (N-methyl/N-ethyl adjacent to an activating group) is 1. The average Bonchev–Trinajstić information content (AvgIpc) is 2.93. The number of nitrogens with zero attached hydrogens (tertiary/aromatic N) is 2. The van der Waals surface area contributed by atoms with Crippen molar-refractivity contribution in [3.8, 4) is 0 Å². The van der Waals surface area contributed by atoms with Crippen LogP contribution in [0.2, 0.25) is 0 Å². The van der Waals surface area contributed by atoms with Crippen molar-refractivity contribution >= 4 is 5.69 Å². The molecule has 3 aliphatic heterocycles. The van der Waals surface area contributed by atoms with Crippen LogP contribution in [0.5, 0.6) is 0 Å². The summed E-state index contributed by atoms with van der Waals surface area (Å²) in [5.74, 6) is 0.268. The van der Waals surface area contributed by atoms with E-state index in [0.29, 0.717) is 12.1 Å². The highest BCUT2D eigenvalue weighted by Crippen LogP contribution is 2.67. The smallest absolute Gasteiger partial charge is 0.0547 e. The number of aliphatic hydroxyl groups is 2. The second-order valence-electron chi connectivity index (χ2n) is 8.46. The number of hydrogen-bond acceptors (Lipinski definition) is 4. The molecule has 2 N–H and O–H groups in total. The van der Waals surface area contributed by atoms with E-state index in [1.807, 2.05) is 0 Å². The molecule has 134 valence electrons. The molecule has 0 radical (unpaired) electrons. The van der Waals surface area contributed by atoms with Gasteiger partial charge in [-0.1, -0.05) is 29.8 Å². The third kappa shape index (κ3) is 1.56. The molecule has 3 heterocycles. The van der Waals surface area contributed by atoms with Crippen molar-refractivity contribution in [2.24, 2.45) is 11.3 Å². The third-order valence-electron chi connectivity index (χ3n) is 8.11. The fraction of sp³-hybridized carbons (Fsp3) is 0.619. The summed E-state index contributed by atoms with van der Waals surface area (Å²) in [7, 11) is 2.21. The van der Waals surface area contributed by atoms with Crippen molar-refractivity contribution in [2.75, 3.05) is 38.3 Å². The standard InChI is InChI=1S/C21H28N2O2/c1-3-14-11-23-9-8-21-15-6-4-5-7-17(15)22(2)19(21)18(23)10-16(14)20(21,12-24)13-25/h3-7,16,18-19,24-25H,8-13H2,1-2H3/b14-3+/t16-,18-,19?,21+/m0/s1. The molecule has 4 aliphatic rings. The van der Waals surface area contributed by atoms with Crippen LogP contribution in [0.1, 0.15) is 25.3 Å². The van der Waals surface area contributed by atoms with Gasteiger partial charge in [0.2, 0.25) is 0 Å². The van der Waals surface area contributed by atoms with Crippen LogP contribution in [0.3, 0.4) is 0 Å². The van der Waals surface area contributed by atoms with Gasteiger partial charge >= 0.3 is 0 Å². The Morgan fingerprint density at radius 3 is 2.72 bits per heavy atom. The summed E-state index contributed by atoms with van der Waals surface area (Å²) in [6, 6.07) is 9.54. The van der Waals surface area contributed by atoms with E-state index in [2.05, 4.69) is 54.1 Å². The van der Waals surface area contributed by atoms with Gasteiger partial charge in [-0.05, 0) is 43.9 Å². The predicted octanol–water partition coefficient (Wildman–Crippen LogP) is 1.77. The minimum Gasteiger partial charge on any atom is -0.396 e. The molecule has 1 aliphatic carbocycles. The molecule has 4 heteroatoms. The Hall–Kier alpha value is -1.36. The summed E-state index contributed by atoms with van der Waals surface area (Å²) in [6.07, 6.45) is 4.30. The van der Waals surface area contributed by atoms with Crippen LogP contribution in [-0.2, 0) is 5.41 Å². The van der Waals surface area contributed by atoms with Crippen molar-refractivity contribution in [3.63, 3.8) is 0 Å². The van der Waals surface area contributed by atoms with Gasteiger partial charge < -0.3 is 15.1 Å². The molecule has 3 bridgehead atoms. The lowest BCUT2D eigenvalue weighted by molar-refractivity contribution is -0.148. The van der Waals surface area contributed by atoms with Gasteiger partial charge in [0.1, 0.15) is 0 Å². The topological polar surface area (TPSA) is 46.9 Å². The summed E-state index contributed by atoms with van der Waals surface area (Å²) in [4.78, 5) is 5.10. The van der Waals surface area contributed by atoms with Crippen molar-refractivity contribution in [2.45, 2.75) is 37.3 Å². The number of fused-ring (bicyclic) bond motifs is 2. The Morgan fingerprint density at radius 1 is 1.24 bits per heavy atom. The van der Waals surface area contributed by atoms with E-state index in [1.54, 1.807) is 0 Å². The van der Waals surface area contributed by atoms with Crippen molar-refractivity contribution in [3.05, 3.63) is 41.5 Å². The molecule has 1 saturated carbocycles. The Morgan fingerprint density at radius 2 is 2.00 bits per heavy atom. The van der Waals surface area contributed by atoms with E-state index in [9.17, 15) is 10.2 Å². The van der Waals surface area contributed by atoms with Gasteiger partial charge in [0.15, 0.2) is 0 Å². The van der Waals surface area contributed by atoms with E-state index < -0.39 is 5.41 Å². The minimum absolute atomic E-state index is 0.0525. The molecule has 1 unspecified atom stereocenters. The van der Waals surface area contributed by atoms with E-state index in [0.717, 1.165) is 25.9 Å². The Bertz CT molecular complexity index is 741. The van der Waals surface area contributed by atoms with E-state index >= 15 is 0 Å². The monoisotopic (exact) mass is 340 g/mol. The fourth-order valence-corrected chi connectivity index (χ4v) is 7.11. The van der Waals surface area contributed by atoms with Gasteiger partial charge in [-0.15, -0.1) is 0 Å². The first-order valence-electron chi connectivity index (χ1n) is 9.58. The maximum Gasteiger partial charge on any atom is 0.0547 e. The number of para-hydroxylation sites is 1. The molecule has 4 atom stereocenters. The number of piperidine rings is 2. The molecule has 0 aromatic heterocycles. The SMILES string of the molecule is C/C=C1\CN2CC[C@@]34c5ccccc5N(C)C3[C@@H]2C[C@@H]1C4(CO)CO. The van der Waals surface area contributed by atoms with Crippen LogP contribution in [0, 0.1) is 11.3 Å². The Kier molecular flexibility index (Phi) is 3.23. The quantitative estimate of drug-likeness (QED) is 0.806. The number of anilines is 1. The van der Waals surface area contributed by atoms with Gasteiger partial charge in [0.05, 0.1) is 19.3 Å². The first kappa shape index (κ1) is 15.9. The number of allylic oxidation sites excluding steroid dienone is 1. The van der Waals surface area contributed by atoms with E-state index in [4.69, 9.17) is 0 Å². The van der Waals surface area contributed by atoms with Crippen LogP contribution >= 0.6 is 0 Å². The van der Waals surface area contributed by atoms with Crippen molar-refractivity contribution in [1.29, 1.82) is 0 Å². The maximum atomic E-state index is 10.7. The summed E-state index contributed by atoms with van der Waals surface area (Å²) >= 11 is 0. The molecular weight excluding hydrogens is 312 g/mol. The largest absolute Gasteiger partial charge is 0.396 e. The molecule has 0 amide bonds. The predicted molar refractivity (Wildman–Crippen MR) is 98.8 cm³/mol. The summed E-state index contributed by atoms with van der Waals surface area (Å²) in [6.45, 7) is 4.26. The van der Waals surface area contributed by atoms with E-state index in [-0.39, 0.29) is 24.5 Å². The minimum atomic E-state index is -0.483. The number of benzene rings is 1. The zero-order valence-corrected chi connectivity index (χ0v) is 15.2. The number of rotatable bonds is 2. The first-order valence-corrected chi connectivity index (χ1v) is 9.58. The highest BCUT2D eigenvalue weighted by molar-refractivity contribution is 5.67. The molecule has 3 fully saturated rings. The molecule has 0 spiro atoms. The number of hydrogen-bond donors (Lipinski definition) is 2. The normalized spacial score (nSPS) is 39.6. The van der Waals surface area contributed by atoms with Crippen molar-refractivity contribution in [1.82, 2.24) is 4.90 Å². The van der Waals surface area contributed by atoms with Gasteiger partial charge in [-0.3, -0.25) is 4.90 Å². The van der Waals surface area contributed by atoms with Gasteiger partial charge in [0.25, 0.3) is 0 Å². The van der Waals surface area contributed by atoms with Gasteiger partial charge in [0, 0.05) is 36.2 Å². The van der Waals surface area contributed by atoms with Gasteiger partial charge in [-0.2, -0.15) is 0 Å². The van der Waals surface area contributed by atoms with Crippen LogP contribution in [0.4, 0.5) is 5.69 Å². The third-order valence-corrected chi connectivity index (χ3v) is 8.11. The van der Waals surface area contributed by atoms with E-state index in [1.165, 1.54) is 16.8 Å². The maximum absolute atomic E-state index is 10.7. The van der Waals surface area contributed by atoms with Crippen LogP contribution in [0.15, 0.2) is 35.9 Å². The molecule has 2 saturated heterocycles. The Labute approximate surface area is 149 Å². The van der Waals surface area contributed by atoms with Crippen LogP contribution < -0.4 is 4.90 Å². The highest BCUT2D eigenvalue weighted by atomic mass is 16.3. The lowest BCUT2D eigenvalue weighted by Crippen LogP contribution is -2.77. The lowest BCUT2D eigenvalue weighted by Gasteiger charge is -2.68. The van der Waals surface area contributed by atoms with Gasteiger partial charge in [-0.25, -0.2) is 0 Å². The molecular formula is C21H28N2O2. The summed E-state index contributed by atoms with van der Waals surface area (Å²) in [5.41, 5.74) is 3.39. The Balaban J connectivity index is 1.83. The molecule has 1 aromatic rings. The molecule has 25 heavy (non-hydrogen) atoms. The second kappa shape index (κ2) is 5.09. The average molecular weight is 340 g/mol. The second-order valence-corrected chi connectivity index (χ2v) is 8.46.